The van der Waals surface area contributed by atoms with E-state index in [-0.39, 0.29) is 6.04 Å². The molecule has 0 radical (unpaired) electrons. The molecule has 1 aliphatic rings. The second-order valence-corrected chi connectivity index (χ2v) is 4.51. The fourth-order valence-corrected chi connectivity index (χ4v) is 2.62. The fraction of sp³-hybridized carbons (Fsp3) is 0.231. The smallest absolute Gasteiger partial charge is 0.404 e. The molecule has 1 amide bonds. The van der Waals surface area contributed by atoms with E-state index in [4.69, 9.17) is 10.4 Å². The van der Waals surface area contributed by atoms with Gasteiger partial charge in [-0.1, -0.05) is 0 Å². The molecule has 1 aliphatic carbocycles. The van der Waals surface area contributed by atoms with Crippen LogP contribution in [0.5, 0.6) is 0 Å². The first-order valence-corrected chi connectivity index (χ1v) is 5.70. The number of rotatable bonds is 1. The van der Waals surface area contributed by atoms with Crippen molar-refractivity contribution in [2.75, 3.05) is 0 Å². The number of nitrogens with one attached hydrogen (secondary N) is 2. The van der Waals surface area contributed by atoms with E-state index in [1.165, 1.54) is 0 Å². The van der Waals surface area contributed by atoms with Crippen molar-refractivity contribution in [3.05, 3.63) is 35.0 Å². The van der Waals surface area contributed by atoms with Crippen molar-refractivity contribution in [1.82, 2.24) is 10.3 Å². The lowest BCUT2D eigenvalue weighted by atomic mass is 10.1. The topological polar surface area (TPSA) is 88.9 Å². The lowest BCUT2D eigenvalue weighted by Crippen LogP contribution is -2.34. The molecule has 0 saturated carbocycles. The summed E-state index contributed by atoms with van der Waals surface area (Å²) in [7, 11) is 0. The Hall–Kier alpha value is -2.48. The summed E-state index contributed by atoms with van der Waals surface area (Å²) in [5.74, 6) is 0. The van der Waals surface area contributed by atoms with E-state index >= 15 is 0 Å². The molecule has 3 N–H and O–H groups in total. The van der Waals surface area contributed by atoms with E-state index in [0.29, 0.717) is 18.4 Å². The number of aromatic nitrogens is 1. The summed E-state index contributed by atoms with van der Waals surface area (Å²) in [6, 6.07) is 7.58. The number of aromatic amines is 1. The molecule has 1 heterocycles. The number of benzene rings is 1. The molecule has 0 fully saturated rings. The molecule has 90 valence electrons. The molecular weight excluding hydrogens is 230 g/mol. The summed E-state index contributed by atoms with van der Waals surface area (Å²) in [4.78, 5) is 13.9. The number of hydrogen-bond donors (Lipinski definition) is 3. The molecule has 1 atom stereocenters. The molecular formula is C13H11N3O2. The second-order valence-electron chi connectivity index (χ2n) is 4.51. The number of carbonyl (C=O) groups is 1. The first-order chi connectivity index (χ1) is 8.67. The molecule has 5 nitrogen and oxygen atoms in total. The zero-order valence-corrected chi connectivity index (χ0v) is 9.53. The molecule has 0 unspecified atom stereocenters. The predicted molar refractivity (Wildman–Crippen MR) is 65.4 cm³/mol. The van der Waals surface area contributed by atoms with E-state index in [9.17, 15) is 4.79 Å². The van der Waals surface area contributed by atoms with E-state index in [1.807, 2.05) is 12.1 Å². The van der Waals surface area contributed by atoms with Gasteiger partial charge in [0.15, 0.2) is 0 Å². The van der Waals surface area contributed by atoms with Gasteiger partial charge in [-0.3, -0.25) is 0 Å². The van der Waals surface area contributed by atoms with Gasteiger partial charge in [0.2, 0.25) is 0 Å². The van der Waals surface area contributed by atoms with Gasteiger partial charge in [0.05, 0.1) is 11.6 Å². The highest BCUT2D eigenvalue weighted by molar-refractivity contribution is 5.86. The molecule has 1 aromatic carbocycles. The largest absolute Gasteiger partial charge is 0.465 e. The van der Waals surface area contributed by atoms with Crippen LogP contribution in [0, 0.1) is 11.3 Å². The van der Waals surface area contributed by atoms with E-state index in [0.717, 1.165) is 22.2 Å². The quantitative estimate of drug-likeness (QED) is 0.710. The molecule has 5 heteroatoms. The Labute approximate surface area is 103 Å². The highest BCUT2D eigenvalue weighted by atomic mass is 16.4. The highest BCUT2D eigenvalue weighted by Crippen LogP contribution is 2.30. The highest BCUT2D eigenvalue weighted by Gasteiger charge is 2.26. The van der Waals surface area contributed by atoms with Crippen LogP contribution in [0.15, 0.2) is 18.2 Å². The van der Waals surface area contributed by atoms with Gasteiger partial charge in [0.1, 0.15) is 0 Å². The maximum absolute atomic E-state index is 10.6. The Morgan fingerprint density at radius 3 is 3.06 bits per heavy atom. The Kier molecular flexibility index (Phi) is 2.23. The Bertz CT molecular complexity index is 681. The zero-order valence-electron chi connectivity index (χ0n) is 9.53. The molecule has 0 aliphatic heterocycles. The molecule has 0 saturated heterocycles. The van der Waals surface area contributed by atoms with Gasteiger partial charge in [0.25, 0.3) is 0 Å². The van der Waals surface area contributed by atoms with Crippen LogP contribution in [0.1, 0.15) is 16.8 Å². The molecule has 1 aromatic heterocycles. The third kappa shape index (κ3) is 1.59. The van der Waals surface area contributed by atoms with E-state index in [2.05, 4.69) is 16.4 Å². The average molecular weight is 241 g/mol. The molecule has 0 bridgehead atoms. The summed E-state index contributed by atoms with van der Waals surface area (Å²) in [6.45, 7) is 0. The predicted octanol–water partition coefficient (Wildman–Crippen LogP) is 1.77. The standard InChI is InChI=1S/C13H11N3O2/c14-6-7-1-2-11-9(3-7)10-4-8(15-13(17)18)5-12(10)16-11/h1-3,8,15-16H,4-5H2,(H,17,18)/t8-/m0/s1. The molecule has 18 heavy (non-hydrogen) atoms. The third-order valence-electron chi connectivity index (χ3n) is 3.35. The molecule has 2 aromatic rings. The number of hydrogen-bond acceptors (Lipinski definition) is 2. The number of nitrogens with zero attached hydrogens (tertiary/aromatic N) is 1. The second kappa shape index (κ2) is 3.77. The summed E-state index contributed by atoms with van der Waals surface area (Å²) in [6.07, 6.45) is 0.363. The fourth-order valence-electron chi connectivity index (χ4n) is 2.62. The van der Waals surface area contributed by atoms with Crippen LogP contribution in [-0.4, -0.2) is 22.2 Å². The first kappa shape index (κ1) is 10.7. The van der Waals surface area contributed by atoms with Gasteiger partial charge in [0, 0.05) is 29.1 Å². The van der Waals surface area contributed by atoms with Crippen LogP contribution >= 0.6 is 0 Å². The van der Waals surface area contributed by atoms with Crippen molar-refractivity contribution in [3.63, 3.8) is 0 Å². The van der Waals surface area contributed by atoms with Crippen molar-refractivity contribution in [2.45, 2.75) is 18.9 Å². The maximum atomic E-state index is 10.6. The van der Waals surface area contributed by atoms with Crippen molar-refractivity contribution in [1.29, 1.82) is 5.26 Å². The van der Waals surface area contributed by atoms with Gasteiger partial charge < -0.3 is 15.4 Å². The van der Waals surface area contributed by atoms with Crippen LogP contribution in [0.2, 0.25) is 0 Å². The molecule has 3 rings (SSSR count). The summed E-state index contributed by atoms with van der Waals surface area (Å²) >= 11 is 0. The molecule has 0 spiro atoms. The number of amides is 1. The number of nitriles is 1. The minimum atomic E-state index is -0.993. The summed E-state index contributed by atoms with van der Waals surface area (Å²) in [5, 5.41) is 21.2. The lowest BCUT2D eigenvalue weighted by molar-refractivity contribution is 0.190. The van der Waals surface area contributed by atoms with E-state index in [1.54, 1.807) is 6.07 Å². The number of H-pyrrole nitrogens is 1. The average Bonchev–Trinajstić information content (AvgIpc) is 2.84. The van der Waals surface area contributed by atoms with Crippen molar-refractivity contribution < 1.29 is 9.90 Å². The Morgan fingerprint density at radius 2 is 2.33 bits per heavy atom. The Balaban J connectivity index is 2.00. The zero-order chi connectivity index (χ0) is 12.7. The van der Waals surface area contributed by atoms with Gasteiger partial charge >= 0.3 is 6.09 Å². The van der Waals surface area contributed by atoms with Crippen molar-refractivity contribution >= 4 is 17.0 Å². The lowest BCUT2D eigenvalue weighted by Gasteiger charge is -2.08. The van der Waals surface area contributed by atoms with Crippen molar-refractivity contribution in [2.24, 2.45) is 0 Å². The number of carboxylic acid groups (broad SMARTS) is 1. The summed E-state index contributed by atoms with van der Waals surface area (Å²) in [5.41, 5.74) is 3.83. The number of fused-ring (bicyclic) bond motifs is 3. The Morgan fingerprint density at radius 1 is 1.50 bits per heavy atom. The van der Waals surface area contributed by atoms with Crippen LogP contribution in [0.3, 0.4) is 0 Å². The minimum Gasteiger partial charge on any atom is -0.465 e. The van der Waals surface area contributed by atoms with Crippen molar-refractivity contribution in [3.8, 4) is 6.07 Å². The maximum Gasteiger partial charge on any atom is 0.404 e. The van der Waals surface area contributed by atoms with Gasteiger partial charge in [-0.15, -0.1) is 0 Å². The normalized spacial score (nSPS) is 17.4. The third-order valence-corrected chi connectivity index (χ3v) is 3.35. The van der Waals surface area contributed by atoms with Crippen LogP contribution in [-0.2, 0) is 12.8 Å². The van der Waals surface area contributed by atoms with Gasteiger partial charge in [-0.2, -0.15) is 5.26 Å². The van der Waals surface area contributed by atoms with E-state index < -0.39 is 6.09 Å². The minimum absolute atomic E-state index is 0.0705. The SMILES string of the molecule is N#Cc1ccc2[nH]c3c(c2c1)C[C@H](NC(=O)O)C3. The van der Waals surface area contributed by atoms with Gasteiger partial charge in [-0.25, -0.2) is 4.79 Å². The van der Waals surface area contributed by atoms with Crippen LogP contribution in [0.25, 0.3) is 10.9 Å². The van der Waals surface area contributed by atoms with Crippen LogP contribution < -0.4 is 5.32 Å². The van der Waals surface area contributed by atoms with Gasteiger partial charge in [-0.05, 0) is 30.2 Å². The monoisotopic (exact) mass is 241 g/mol. The summed E-state index contributed by atoms with van der Waals surface area (Å²) < 4.78 is 0. The first-order valence-electron chi connectivity index (χ1n) is 5.70. The van der Waals surface area contributed by atoms with Crippen LogP contribution in [0.4, 0.5) is 4.79 Å².